The monoisotopic (exact) mass is 303 g/mol. The highest BCUT2D eigenvalue weighted by atomic mass is 16.7. The summed E-state index contributed by atoms with van der Waals surface area (Å²) in [6, 6.07) is 6.70. The molecule has 5 atom stereocenters. The molecule has 0 radical (unpaired) electrons. The van der Waals surface area contributed by atoms with Gasteiger partial charge in [-0.1, -0.05) is 12.1 Å². The van der Waals surface area contributed by atoms with Crippen LogP contribution < -0.4 is 10.1 Å². The van der Waals surface area contributed by atoms with Gasteiger partial charge in [0, 0.05) is 19.2 Å². The molecule has 2 N–H and O–H groups in total. The molecular weight excluding hydrogens is 282 g/mol. The average Bonchev–Trinajstić information content (AvgIpc) is 2.52. The van der Waals surface area contributed by atoms with Gasteiger partial charge in [-0.15, -0.1) is 0 Å². The van der Waals surface area contributed by atoms with Crippen LogP contribution in [0.15, 0.2) is 18.2 Å². The maximum Gasteiger partial charge on any atom is 0.308 e. The Balaban J connectivity index is 1.66. The Morgan fingerprint density at radius 2 is 2.23 bits per heavy atom. The van der Waals surface area contributed by atoms with Crippen molar-refractivity contribution in [3.05, 3.63) is 29.3 Å². The molecule has 3 fully saturated rings. The first-order valence-corrected chi connectivity index (χ1v) is 7.91. The molecule has 0 aromatic heterocycles. The van der Waals surface area contributed by atoms with E-state index in [4.69, 9.17) is 9.47 Å². The first kappa shape index (κ1) is 14.0. The molecule has 4 aliphatic rings. The van der Waals surface area contributed by atoms with Gasteiger partial charge in [0.2, 0.25) is 0 Å². The van der Waals surface area contributed by atoms with E-state index < -0.39 is 5.97 Å². The lowest BCUT2D eigenvalue weighted by Gasteiger charge is -2.54. The van der Waals surface area contributed by atoms with Gasteiger partial charge in [-0.05, 0) is 48.3 Å². The zero-order chi connectivity index (χ0) is 15.3. The predicted molar refractivity (Wildman–Crippen MR) is 80.0 cm³/mol. The number of ether oxygens (including phenoxy) is 2. The van der Waals surface area contributed by atoms with Crippen LogP contribution in [0.5, 0.6) is 5.75 Å². The Morgan fingerprint density at radius 3 is 2.95 bits per heavy atom. The van der Waals surface area contributed by atoms with E-state index in [0.717, 1.165) is 25.0 Å². The van der Waals surface area contributed by atoms with Crippen molar-refractivity contribution in [1.29, 1.82) is 0 Å². The smallest absolute Gasteiger partial charge is 0.308 e. The van der Waals surface area contributed by atoms with Crippen molar-refractivity contribution >= 4 is 5.97 Å². The van der Waals surface area contributed by atoms with Crippen molar-refractivity contribution in [1.82, 2.24) is 5.32 Å². The molecule has 5 nitrogen and oxygen atoms in total. The Hall–Kier alpha value is -1.59. The zero-order valence-corrected chi connectivity index (χ0v) is 12.6. The molecule has 5 rings (SSSR count). The van der Waals surface area contributed by atoms with Crippen LogP contribution in [-0.4, -0.2) is 37.1 Å². The van der Waals surface area contributed by atoms with Crippen molar-refractivity contribution in [3.8, 4) is 5.75 Å². The second kappa shape index (κ2) is 5.25. The fraction of sp³-hybridized carbons (Fsp3) is 0.588. The number of carbonyl (C=O) groups is 1. The standard InChI is InChI=1S/C17H21NO4/c1-21-8-22-16-4-2-3-9-10-6-15-13(17(19)20)5-11(10)14(18-15)7-12(9)16/h2-4,10-11,13-15,18H,5-8H2,1H3,(H,19,20). The normalized spacial score (nSPS) is 35.0. The van der Waals surface area contributed by atoms with E-state index in [-0.39, 0.29) is 18.8 Å². The number of carboxylic acid groups (broad SMARTS) is 1. The number of aliphatic carboxylic acids is 1. The van der Waals surface area contributed by atoms with Gasteiger partial charge in [0.1, 0.15) is 5.75 Å². The number of nitrogens with one attached hydrogen (secondary N) is 1. The number of fused-ring (bicyclic) bond motifs is 2. The van der Waals surface area contributed by atoms with Crippen LogP contribution >= 0.6 is 0 Å². The molecule has 1 aromatic rings. The summed E-state index contributed by atoms with van der Waals surface area (Å²) in [5.74, 6) is 0.908. The molecule has 0 amide bonds. The average molecular weight is 303 g/mol. The highest BCUT2D eigenvalue weighted by Gasteiger charge is 2.52. The maximum atomic E-state index is 11.4. The number of hydrogen-bond donors (Lipinski definition) is 2. The molecule has 1 saturated carbocycles. The lowest BCUT2D eigenvalue weighted by atomic mass is 9.58. The fourth-order valence-electron chi connectivity index (χ4n) is 4.73. The van der Waals surface area contributed by atoms with Gasteiger partial charge in [0.05, 0.1) is 5.92 Å². The van der Waals surface area contributed by atoms with E-state index in [1.54, 1.807) is 7.11 Å². The minimum Gasteiger partial charge on any atom is -0.481 e. The molecule has 0 spiro atoms. The van der Waals surface area contributed by atoms with Gasteiger partial charge >= 0.3 is 5.97 Å². The van der Waals surface area contributed by atoms with E-state index in [1.807, 2.05) is 12.1 Å². The number of hydrogen-bond acceptors (Lipinski definition) is 4. The van der Waals surface area contributed by atoms with Crippen LogP contribution in [0.2, 0.25) is 0 Å². The third kappa shape index (κ3) is 2.03. The largest absolute Gasteiger partial charge is 0.481 e. The maximum absolute atomic E-state index is 11.4. The van der Waals surface area contributed by atoms with Crippen molar-refractivity contribution in [2.75, 3.05) is 13.9 Å². The second-order valence-corrected chi connectivity index (χ2v) is 6.65. The van der Waals surface area contributed by atoms with Crippen molar-refractivity contribution in [3.63, 3.8) is 0 Å². The third-order valence-electron chi connectivity index (χ3n) is 5.62. The van der Waals surface area contributed by atoms with Gasteiger partial charge in [-0.25, -0.2) is 0 Å². The first-order valence-electron chi connectivity index (χ1n) is 7.91. The molecule has 2 saturated heterocycles. The minimum absolute atomic E-state index is 0.106. The molecule has 2 aliphatic heterocycles. The summed E-state index contributed by atoms with van der Waals surface area (Å²) in [4.78, 5) is 11.4. The molecule has 5 heteroatoms. The Bertz CT molecular complexity index is 602. The summed E-state index contributed by atoms with van der Waals surface area (Å²) in [6.07, 6.45) is 2.63. The van der Waals surface area contributed by atoms with Crippen LogP contribution in [0.4, 0.5) is 0 Å². The molecule has 118 valence electrons. The Labute approximate surface area is 129 Å². The van der Waals surface area contributed by atoms with Crippen LogP contribution in [0.25, 0.3) is 0 Å². The summed E-state index contributed by atoms with van der Waals surface area (Å²) in [5.41, 5.74) is 2.62. The SMILES string of the molecule is COCOc1cccc2c1CC1NC3CC2C1CC3C(=O)O. The minimum atomic E-state index is -0.655. The highest BCUT2D eigenvalue weighted by Crippen LogP contribution is 2.52. The predicted octanol–water partition coefficient (Wildman–Crippen LogP) is 1.76. The highest BCUT2D eigenvalue weighted by molar-refractivity contribution is 5.71. The van der Waals surface area contributed by atoms with Gasteiger partial charge in [0.25, 0.3) is 0 Å². The molecule has 1 aromatic carbocycles. The molecular formula is C17H21NO4. The summed E-state index contributed by atoms with van der Waals surface area (Å²) in [7, 11) is 1.62. The summed E-state index contributed by atoms with van der Waals surface area (Å²) < 4.78 is 10.7. The second-order valence-electron chi connectivity index (χ2n) is 6.65. The van der Waals surface area contributed by atoms with Crippen LogP contribution in [0, 0.1) is 11.8 Å². The van der Waals surface area contributed by atoms with E-state index in [1.165, 1.54) is 11.1 Å². The van der Waals surface area contributed by atoms with Crippen LogP contribution in [-0.2, 0) is 16.0 Å². The number of rotatable bonds is 4. The summed E-state index contributed by atoms with van der Waals surface area (Å²) in [6.45, 7) is 0.256. The van der Waals surface area contributed by atoms with E-state index >= 15 is 0 Å². The van der Waals surface area contributed by atoms with Crippen LogP contribution in [0.3, 0.4) is 0 Å². The van der Waals surface area contributed by atoms with E-state index in [9.17, 15) is 9.90 Å². The molecule has 22 heavy (non-hydrogen) atoms. The van der Waals surface area contributed by atoms with Gasteiger partial charge in [-0.2, -0.15) is 0 Å². The number of methoxy groups -OCH3 is 1. The van der Waals surface area contributed by atoms with Gasteiger partial charge < -0.3 is 19.9 Å². The van der Waals surface area contributed by atoms with Crippen molar-refractivity contribution < 1.29 is 19.4 Å². The molecule has 4 bridgehead atoms. The molecule has 2 heterocycles. The number of carboxylic acids is 1. The lowest BCUT2D eigenvalue weighted by molar-refractivity contribution is -0.147. The lowest BCUT2D eigenvalue weighted by Crippen LogP contribution is -2.63. The van der Waals surface area contributed by atoms with E-state index in [2.05, 4.69) is 11.4 Å². The summed E-state index contributed by atoms with van der Waals surface area (Å²) >= 11 is 0. The van der Waals surface area contributed by atoms with Gasteiger partial charge in [-0.3, -0.25) is 4.79 Å². The first-order chi connectivity index (χ1) is 10.7. The quantitative estimate of drug-likeness (QED) is 0.830. The topological polar surface area (TPSA) is 67.8 Å². The van der Waals surface area contributed by atoms with Crippen molar-refractivity contribution in [2.45, 2.75) is 37.3 Å². The Morgan fingerprint density at radius 1 is 1.36 bits per heavy atom. The summed E-state index contributed by atoms with van der Waals surface area (Å²) in [5, 5.41) is 13.0. The van der Waals surface area contributed by atoms with Gasteiger partial charge in [0.15, 0.2) is 6.79 Å². The Kier molecular flexibility index (Phi) is 3.35. The van der Waals surface area contributed by atoms with Crippen LogP contribution in [0.1, 0.15) is 29.9 Å². The zero-order valence-electron chi connectivity index (χ0n) is 12.6. The molecule has 5 unspecified atom stereocenters. The third-order valence-corrected chi connectivity index (χ3v) is 5.62. The van der Waals surface area contributed by atoms with E-state index in [0.29, 0.717) is 17.9 Å². The molecule has 2 aliphatic carbocycles. The number of piperidine rings is 2. The van der Waals surface area contributed by atoms with Crippen molar-refractivity contribution in [2.24, 2.45) is 11.8 Å². The number of benzene rings is 1. The fourth-order valence-corrected chi connectivity index (χ4v) is 4.73.